The summed E-state index contributed by atoms with van der Waals surface area (Å²) in [5, 5.41) is 2.93. The van der Waals surface area contributed by atoms with E-state index < -0.39 is 0 Å². The number of hydrogen-bond donors (Lipinski definition) is 1. The summed E-state index contributed by atoms with van der Waals surface area (Å²) < 4.78 is 0. The lowest BCUT2D eigenvalue weighted by atomic mass is 9.80. The van der Waals surface area contributed by atoms with Crippen LogP contribution in [-0.4, -0.2) is 35.6 Å². The Kier molecular flexibility index (Phi) is 6.30. The van der Waals surface area contributed by atoms with Gasteiger partial charge >= 0.3 is 0 Å². The van der Waals surface area contributed by atoms with Crippen LogP contribution >= 0.6 is 0 Å². The number of carbonyl (C=O) groups excluding carboxylic acids is 3. The van der Waals surface area contributed by atoms with Gasteiger partial charge in [0.2, 0.25) is 11.8 Å². The van der Waals surface area contributed by atoms with Gasteiger partial charge in [-0.25, -0.2) is 0 Å². The molecular formula is C22H30N2O3. The summed E-state index contributed by atoms with van der Waals surface area (Å²) in [4.78, 5) is 38.8. The molecule has 5 nitrogen and oxygen atoms in total. The summed E-state index contributed by atoms with van der Waals surface area (Å²) in [6, 6.07) is 7.04. The predicted octanol–water partition coefficient (Wildman–Crippen LogP) is 3.89. The van der Waals surface area contributed by atoms with Gasteiger partial charge in [0.25, 0.3) is 0 Å². The number of benzene rings is 1. The van der Waals surface area contributed by atoms with Crippen molar-refractivity contribution in [2.45, 2.75) is 52.4 Å². The van der Waals surface area contributed by atoms with Crippen LogP contribution < -0.4 is 5.32 Å². The van der Waals surface area contributed by atoms with E-state index in [1.807, 2.05) is 4.90 Å². The molecule has 1 aromatic rings. The first kappa shape index (κ1) is 19.6. The van der Waals surface area contributed by atoms with Crippen LogP contribution in [-0.2, 0) is 9.59 Å². The van der Waals surface area contributed by atoms with E-state index in [1.165, 1.54) is 6.92 Å². The Labute approximate surface area is 161 Å². The molecule has 3 rings (SSSR count). The highest BCUT2D eigenvalue weighted by Gasteiger charge is 2.33. The Bertz CT molecular complexity index is 699. The molecule has 0 aromatic heterocycles. The topological polar surface area (TPSA) is 66.5 Å². The van der Waals surface area contributed by atoms with Crippen molar-refractivity contribution in [1.82, 2.24) is 4.90 Å². The highest BCUT2D eigenvalue weighted by molar-refractivity contribution is 5.97. The van der Waals surface area contributed by atoms with Crippen molar-refractivity contribution in [3.8, 4) is 0 Å². The zero-order valence-electron chi connectivity index (χ0n) is 16.4. The molecular weight excluding hydrogens is 340 g/mol. The SMILES string of the molecule is CC(=O)c1cccc(NC(=O)C2CCC(C(=O)N3CCC(C)CC3)CC2)c1. The van der Waals surface area contributed by atoms with Crippen LogP contribution in [0, 0.1) is 17.8 Å². The summed E-state index contributed by atoms with van der Waals surface area (Å²) in [6.45, 7) is 5.53. The van der Waals surface area contributed by atoms with Crippen molar-refractivity contribution < 1.29 is 14.4 Å². The molecule has 5 heteroatoms. The summed E-state index contributed by atoms with van der Waals surface area (Å²) in [5.74, 6) is 0.996. The summed E-state index contributed by atoms with van der Waals surface area (Å²) in [7, 11) is 0. The normalized spacial score (nSPS) is 23.7. The maximum atomic E-state index is 12.7. The van der Waals surface area contributed by atoms with Crippen LogP contribution in [0.4, 0.5) is 5.69 Å². The Morgan fingerprint density at radius 2 is 1.59 bits per heavy atom. The highest BCUT2D eigenvalue weighted by atomic mass is 16.2. The number of hydrogen-bond acceptors (Lipinski definition) is 3. The standard InChI is InChI=1S/C22H30N2O3/c1-15-10-12-24(13-11-15)22(27)18-8-6-17(7-9-18)21(26)23-20-5-3-4-19(14-20)16(2)25/h3-5,14-15,17-18H,6-13H2,1-2H3,(H,23,26). The molecule has 0 spiro atoms. The number of Topliss-reactive ketones (excluding diaryl/α,β-unsaturated/α-hetero) is 1. The third kappa shape index (κ3) is 4.96. The minimum atomic E-state index is -0.0589. The lowest BCUT2D eigenvalue weighted by molar-refractivity contribution is -0.139. The van der Waals surface area contributed by atoms with E-state index in [0.717, 1.165) is 57.5 Å². The minimum absolute atomic E-state index is 0.00611. The molecule has 2 aliphatic rings. The minimum Gasteiger partial charge on any atom is -0.342 e. The molecule has 0 bridgehead atoms. The van der Waals surface area contributed by atoms with Crippen LogP contribution in [0.3, 0.4) is 0 Å². The Morgan fingerprint density at radius 1 is 0.963 bits per heavy atom. The Morgan fingerprint density at radius 3 is 2.22 bits per heavy atom. The summed E-state index contributed by atoms with van der Waals surface area (Å²) >= 11 is 0. The fourth-order valence-corrected chi connectivity index (χ4v) is 4.15. The van der Waals surface area contributed by atoms with Crippen molar-refractivity contribution >= 4 is 23.3 Å². The van der Waals surface area contributed by atoms with Crippen molar-refractivity contribution in [1.29, 1.82) is 0 Å². The van der Waals surface area contributed by atoms with Crippen LogP contribution in [0.1, 0.15) is 62.7 Å². The van der Waals surface area contributed by atoms with Crippen molar-refractivity contribution in [3.63, 3.8) is 0 Å². The molecule has 0 unspecified atom stereocenters. The average Bonchev–Trinajstić information content (AvgIpc) is 2.68. The zero-order chi connectivity index (χ0) is 19.4. The molecule has 1 saturated carbocycles. The first-order chi connectivity index (χ1) is 12.9. The lowest BCUT2D eigenvalue weighted by Crippen LogP contribution is -2.42. The van der Waals surface area contributed by atoms with E-state index >= 15 is 0 Å². The quantitative estimate of drug-likeness (QED) is 0.818. The number of piperidine rings is 1. The second kappa shape index (κ2) is 8.68. The molecule has 0 radical (unpaired) electrons. The lowest BCUT2D eigenvalue weighted by Gasteiger charge is -2.35. The van der Waals surface area contributed by atoms with Crippen LogP contribution in [0.5, 0.6) is 0 Å². The second-order valence-electron chi connectivity index (χ2n) is 8.18. The van der Waals surface area contributed by atoms with Gasteiger partial charge in [0.1, 0.15) is 0 Å². The molecule has 27 heavy (non-hydrogen) atoms. The van der Waals surface area contributed by atoms with E-state index in [9.17, 15) is 14.4 Å². The Hall–Kier alpha value is -2.17. The molecule has 0 atom stereocenters. The number of anilines is 1. The van der Waals surface area contributed by atoms with Gasteiger partial charge in [0, 0.05) is 36.2 Å². The maximum Gasteiger partial charge on any atom is 0.227 e. The maximum absolute atomic E-state index is 12.7. The largest absolute Gasteiger partial charge is 0.342 e. The number of amides is 2. The molecule has 1 N–H and O–H groups in total. The highest BCUT2D eigenvalue weighted by Crippen LogP contribution is 2.32. The van der Waals surface area contributed by atoms with Gasteiger partial charge in [0.05, 0.1) is 0 Å². The molecule has 1 aliphatic heterocycles. The van der Waals surface area contributed by atoms with Crippen molar-refractivity contribution in [2.24, 2.45) is 17.8 Å². The molecule has 2 fully saturated rings. The molecule has 1 heterocycles. The number of likely N-dealkylation sites (tertiary alicyclic amines) is 1. The molecule has 1 saturated heterocycles. The zero-order valence-corrected chi connectivity index (χ0v) is 16.4. The Balaban J connectivity index is 1.50. The monoisotopic (exact) mass is 370 g/mol. The third-order valence-electron chi connectivity index (χ3n) is 6.08. The fourth-order valence-electron chi connectivity index (χ4n) is 4.15. The number of rotatable bonds is 4. The van der Waals surface area contributed by atoms with Gasteiger partial charge in [-0.3, -0.25) is 14.4 Å². The van der Waals surface area contributed by atoms with Gasteiger partial charge in [-0.15, -0.1) is 0 Å². The fraction of sp³-hybridized carbons (Fsp3) is 0.591. The van der Waals surface area contributed by atoms with Crippen molar-refractivity contribution in [3.05, 3.63) is 29.8 Å². The number of nitrogens with zero attached hydrogens (tertiary/aromatic N) is 1. The van der Waals surface area contributed by atoms with E-state index in [-0.39, 0.29) is 29.4 Å². The first-order valence-corrected chi connectivity index (χ1v) is 10.1. The van der Waals surface area contributed by atoms with E-state index in [1.54, 1.807) is 24.3 Å². The van der Waals surface area contributed by atoms with Crippen LogP contribution in [0.2, 0.25) is 0 Å². The molecule has 2 amide bonds. The smallest absolute Gasteiger partial charge is 0.227 e. The van der Waals surface area contributed by atoms with E-state index in [2.05, 4.69) is 12.2 Å². The second-order valence-corrected chi connectivity index (χ2v) is 8.18. The molecule has 1 aliphatic carbocycles. The third-order valence-corrected chi connectivity index (χ3v) is 6.08. The van der Waals surface area contributed by atoms with Gasteiger partial charge in [-0.05, 0) is 63.5 Å². The predicted molar refractivity (Wildman–Crippen MR) is 106 cm³/mol. The van der Waals surface area contributed by atoms with Gasteiger partial charge in [-0.2, -0.15) is 0 Å². The average molecular weight is 370 g/mol. The first-order valence-electron chi connectivity index (χ1n) is 10.1. The van der Waals surface area contributed by atoms with Gasteiger partial charge in [0.15, 0.2) is 5.78 Å². The number of carbonyl (C=O) groups is 3. The number of nitrogens with one attached hydrogen (secondary N) is 1. The van der Waals surface area contributed by atoms with E-state index in [4.69, 9.17) is 0 Å². The van der Waals surface area contributed by atoms with Crippen LogP contribution in [0.25, 0.3) is 0 Å². The summed E-state index contributed by atoms with van der Waals surface area (Å²) in [5.41, 5.74) is 1.26. The van der Waals surface area contributed by atoms with Gasteiger partial charge in [-0.1, -0.05) is 19.1 Å². The molecule has 1 aromatic carbocycles. The van der Waals surface area contributed by atoms with Crippen LogP contribution in [0.15, 0.2) is 24.3 Å². The van der Waals surface area contributed by atoms with Gasteiger partial charge < -0.3 is 10.2 Å². The van der Waals surface area contributed by atoms with E-state index in [0.29, 0.717) is 11.3 Å². The molecule has 146 valence electrons. The number of ketones is 1. The van der Waals surface area contributed by atoms with Crippen molar-refractivity contribution in [2.75, 3.05) is 18.4 Å². The summed E-state index contributed by atoms with van der Waals surface area (Å²) in [6.07, 6.45) is 5.27.